The highest BCUT2D eigenvalue weighted by Crippen LogP contribution is 2.33. The molecule has 0 N–H and O–H groups in total. The summed E-state index contributed by atoms with van der Waals surface area (Å²) in [7, 11) is 1.97. The number of fused-ring (bicyclic) bond motifs is 1. The number of rotatable bonds is 4. The lowest BCUT2D eigenvalue weighted by Crippen LogP contribution is -2.60. The van der Waals surface area contributed by atoms with Crippen molar-refractivity contribution in [1.29, 1.82) is 0 Å². The van der Waals surface area contributed by atoms with Crippen LogP contribution in [0, 0.1) is 0 Å². The number of hydrogen-bond acceptors (Lipinski definition) is 6. The molecule has 2 aromatic rings. The highest BCUT2D eigenvalue weighted by Gasteiger charge is 2.34. The number of likely N-dealkylation sites (N-methyl/N-ethyl adjacent to an activating group) is 1. The Morgan fingerprint density at radius 2 is 1.96 bits per heavy atom. The molecule has 0 unspecified atom stereocenters. The topological polar surface area (TPSA) is 67.2 Å². The van der Waals surface area contributed by atoms with Gasteiger partial charge in [0.25, 0.3) is 5.56 Å². The zero-order valence-corrected chi connectivity index (χ0v) is 15.1. The summed E-state index contributed by atoms with van der Waals surface area (Å²) in [5.74, 6) is 1.52. The van der Waals surface area contributed by atoms with Gasteiger partial charge in [0.2, 0.25) is 0 Å². The van der Waals surface area contributed by atoms with Crippen molar-refractivity contribution >= 4 is 11.6 Å². The van der Waals surface area contributed by atoms with Crippen LogP contribution >= 0.6 is 0 Å². The summed E-state index contributed by atoms with van der Waals surface area (Å²) in [6.45, 7) is 1.70. The third kappa shape index (κ3) is 2.66. The quantitative estimate of drug-likeness (QED) is 0.832. The molecular weight excluding hydrogens is 328 g/mol. The molecule has 0 aromatic carbocycles. The van der Waals surface area contributed by atoms with E-state index in [4.69, 9.17) is 0 Å². The van der Waals surface area contributed by atoms with E-state index in [2.05, 4.69) is 26.1 Å². The predicted octanol–water partition coefficient (Wildman–Crippen LogP) is 1.57. The first-order chi connectivity index (χ1) is 12.7. The van der Waals surface area contributed by atoms with Crippen LogP contribution in [-0.4, -0.2) is 45.9 Å². The average Bonchev–Trinajstić information content (AvgIpc) is 3.45. The SMILES string of the molecule is CN(c1nccn(C2CC2)c1=O)C1CN(c2cc3c(nn2)CCCC3)C1. The summed E-state index contributed by atoms with van der Waals surface area (Å²) < 4.78 is 1.84. The van der Waals surface area contributed by atoms with E-state index in [1.165, 1.54) is 24.1 Å². The molecule has 2 fully saturated rings. The van der Waals surface area contributed by atoms with Gasteiger partial charge < -0.3 is 14.4 Å². The van der Waals surface area contributed by atoms with Gasteiger partial charge in [-0.1, -0.05) is 0 Å². The fourth-order valence-corrected chi connectivity index (χ4v) is 3.99. The standard InChI is InChI=1S/C19H24N6O/c1-23(18-19(26)25(9-8-20-18)14-6-7-14)15-11-24(12-15)17-10-13-4-2-3-5-16(13)21-22-17/h8-10,14-15H,2-7,11-12H2,1H3. The van der Waals surface area contributed by atoms with E-state index in [-0.39, 0.29) is 11.6 Å². The van der Waals surface area contributed by atoms with Gasteiger partial charge in [0.1, 0.15) is 0 Å². The first-order valence-corrected chi connectivity index (χ1v) is 9.61. The average molecular weight is 352 g/mol. The van der Waals surface area contributed by atoms with Crippen LogP contribution in [0.5, 0.6) is 0 Å². The number of hydrogen-bond donors (Lipinski definition) is 0. The summed E-state index contributed by atoms with van der Waals surface area (Å²) in [6, 6.07) is 2.86. The van der Waals surface area contributed by atoms with E-state index < -0.39 is 0 Å². The van der Waals surface area contributed by atoms with Gasteiger partial charge >= 0.3 is 0 Å². The highest BCUT2D eigenvalue weighted by molar-refractivity contribution is 5.49. The Morgan fingerprint density at radius 3 is 2.77 bits per heavy atom. The number of aromatic nitrogens is 4. The number of aryl methyl sites for hydroxylation is 2. The maximum absolute atomic E-state index is 12.7. The lowest BCUT2D eigenvalue weighted by molar-refractivity contribution is 0.483. The Hall–Kier alpha value is -2.44. The third-order valence-electron chi connectivity index (χ3n) is 5.92. The summed E-state index contributed by atoms with van der Waals surface area (Å²) >= 11 is 0. The van der Waals surface area contributed by atoms with Crippen molar-refractivity contribution < 1.29 is 0 Å². The zero-order chi connectivity index (χ0) is 17.7. The van der Waals surface area contributed by atoms with E-state index in [1.807, 2.05) is 22.7 Å². The first-order valence-electron chi connectivity index (χ1n) is 9.61. The molecule has 0 bridgehead atoms. The second-order valence-electron chi connectivity index (χ2n) is 7.75. The molecule has 1 saturated heterocycles. The molecule has 7 heteroatoms. The molecule has 0 spiro atoms. The van der Waals surface area contributed by atoms with Crippen LogP contribution in [0.1, 0.15) is 43.0 Å². The van der Waals surface area contributed by atoms with E-state index in [0.29, 0.717) is 11.9 Å². The maximum Gasteiger partial charge on any atom is 0.293 e. The van der Waals surface area contributed by atoms with Crippen LogP contribution < -0.4 is 15.4 Å². The second kappa shape index (κ2) is 6.07. The van der Waals surface area contributed by atoms with E-state index in [1.54, 1.807) is 6.20 Å². The molecular formula is C19H24N6O. The van der Waals surface area contributed by atoms with Gasteiger partial charge in [0, 0.05) is 38.6 Å². The largest absolute Gasteiger partial charge is 0.351 e. The zero-order valence-electron chi connectivity index (χ0n) is 15.1. The lowest BCUT2D eigenvalue weighted by atomic mass is 9.96. The molecule has 3 aliphatic rings. The van der Waals surface area contributed by atoms with Gasteiger partial charge in [0.15, 0.2) is 11.6 Å². The first kappa shape index (κ1) is 15.8. The van der Waals surface area contributed by atoms with Crippen molar-refractivity contribution in [2.24, 2.45) is 0 Å². The van der Waals surface area contributed by atoms with Crippen LogP contribution in [0.25, 0.3) is 0 Å². The van der Waals surface area contributed by atoms with Gasteiger partial charge in [0.05, 0.1) is 11.7 Å². The summed E-state index contributed by atoms with van der Waals surface area (Å²) in [5.41, 5.74) is 2.56. The monoisotopic (exact) mass is 352 g/mol. The molecule has 2 aliphatic carbocycles. The van der Waals surface area contributed by atoms with Gasteiger partial charge in [-0.05, 0) is 50.2 Å². The Morgan fingerprint density at radius 1 is 1.15 bits per heavy atom. The normalized spacial score (nSPS) is 19.8. The van der Waals surface area contributed by atoms with Gasteiger partial charge in [-0.15, -0.1) is 5.10 Å². The number of nitrogens with zero attached hydrogens (tertiary/aromatic N) is 6. The van der Waals surface area contributed by atoms with E-state index in [0.717, 1.165) is 44.6 Å². The van der Waals surface area contributed by atoms with Crippen LogP contribution in [0.2, 0.25) is 0 Å². The van der Waals surface area contributed by atoms with Crippen molar-refractivity contribution in [3.05, 3.63) is 40.1 Å². The Labute approximate surface area is 152 Å². The molecule has 1 aliphatic heterocycles. The summed E-state index contributed by atoms with van der Waals surface area (Å²) in [6.07, 6.45) is 10.4. The smallest absolute Gasteiger partial charge is 0.293 e. The Kier molecular flexibility index (Phi) is 3.69. The molecule has 26 heavy (non-hydrogen) atoms. The minimum Gasteiger partial charge on any atom is -0.351 e. The van der Waals surface area contributed by atoms with Crippen molar-refractivity contribution in [1.82, 2.24) is 19.7 Å². The molecule has 1 saturated carbocycles. The molecule has 0 atom stereocenters. The van der Waals surface area contributed by atoms with Crippen LogP contribution in [0.3, 0.4) is 0 Å². The summed E-state index contributed by atoms with van der Waals surface area (Å²) in [4.78, 5) is 21.3. The highest BCUT2D eigenvalue weighted by atomic mass is 16.1. The third-order valence-corrected chi connectivity index (χ3v) is 5.92. The Balaban J connectivity index is 1.29. The molecule has 0 amide bonds. The minimum absolute atomic E-state index is 0.0320. The van der Waals surface area contributed by atoms with Crippen LogP contribution in [0.4, 0.5) is 11.6 Å². The maximum atomic E-state index is 12.7. The van der Waals surface area contributed by atoms with Crippen molar-refractivity contribution in [2.75, 3.05) is 29.9 Å². The molecule has 3 heterocycles. The summed E-state index contributed by atoms with van der Waals surface area (Å²) in [5, 5.41) is 8.85. The molecule has 0 radical (unpaired) electrons. The van der Waals surface area contributed by atoms with Gasteiger partial charge in [-0.3, -0.25) is 4.79 Å². The second-order valence-corrected chi connectivity index (χ2v) is 7.75. The molecule has 136 valence electrons. The van der Waals surface area contributed by atoms with Crippen molar-refractivity contribution in [2.45, 2.75) is 50.6 Å². The molecule has 7 nitrogen and oxygen atoms in total. The van der Waals surface area contributed by atoms with E-state index >= 15 is 0 Å². The predicted molar refractivity (Wildman–Crippen MR) is 99.8 cm³/mol. The van der Waals surface area contributed by atoms with Crippen molar-refractivity contribution in [3.63, 3.8) is 0 Å². The molecule has 5 rings (SSSR count). The Bertz CT molecular complexity index is 884. The van der Waals surface area contributed by atoms with Crippen LogP contribution in [-0.2, 0) is 12.8 Å². The molecule has 2 aromatic heterocycles. The fourth-order valence-electron chi connectivity index (χ4n) is 3.99. The number of anilines is 2. The fraction of sp³-hybridized carbons (Fsp3) is 0.579. The van der Waals surface area contributed by atoms with Crippen LogP contribution in [0.15, 0.2) is 23.3 Å². The van der Waals surface area contributed by atoms with Crippen molar-refractivity contribution in [3.8, 4) is 0 Å². The lowest BCUT2D eigenvalue weighted by Gasteiger charge is -2.44. The van der Waals surface area contributed by atoms with E-state index in [9.17, 15) is 4.79 Å². The minimum atomic E-state index is 0.0320. The van der Waals surface area contributed by atoms with Gasteiger partial charge in [-0.25, -0.2) is 4.98 Å². The van der Waals surface area contributed by atoms with Gasteiger partial charge in [-0.2, -0.15) is 5.10 Å².